The van der Waals surface area contributed by atoms with E-state index in [0.29, 0.717) is 11.5 Å². The van der Waals surface area contributed by atoms with Gasteiger partial charge in [-0.05, 0) is 42.0 Å². The summed E-state index contributed by atoms with van der Waals surface area (Å²) in [4.78, 5) is 0. The summed E-state index contributed by atoms with van der Waals surface area (Å²) < 4.78 is 52.4. The molecular weight excluding hydrogens is 281 g/mol. The Morgan fingerprint density at radius 3 is 1.67 bits per heavy atom. The molecule has 0 N–H and O–H groups in total. The molecule has 0 aliphatic rings. The summed E-state index contributed by atoms with van der Waals surface area (Å²) in [7, 11) is 2.89. The van der Waals surface area contributed by atoms with Gasteiger partial charge in [0.05, 0.1) is 14.2 Å². The first-order valence-electron chi connectivity index (χ1n) is 6.29. The molecule has 0 saturated carbocycles. The summed E-state index contributed by atoms with van der Waals surface area (Å²) in [6.07, 6.45) is -2.43. The van der Waals surface area contributed by atoms with Crippen molar-refractivity contribution < 1.29 is 22.6 Å². The fraction of sp³-hybridized carbons (Fsp3) is 0.250. The van der Waals surface area contributed by atoms with E-state index in [2.05, 4.69) is 0 Å². The van der Waals surface area contributed by atoms with Crippen LogP contribution in [0.5, 0.6) is 11.5 Å². The SMILES string of the molecule is COc1ccc(C(F)C(F)(F)c2ccc(OC)cc2)cc1. The van der Waals surface area contributed by atoms with Crippen molar-refractivity contribution in [2.24, 2.45) is 0 Å². The van der Waals surface area contributed by atoms with E-state index >= 15 is 0 Å². The molecule has 0 heterocycles. The van der Waals surface area contributed by atoms with Crippen molar-refractivity contribution in [2.75, 3.05) is 14.2 Å². The number of ether oxygens (including phenoxy) is 2. The maximum absolute atomic E-state index is 14.2. The minimum atomic E-state index is -3.62. The van der Waals surface area contributed by atoms with Crippen LogP contribution in [0.25, 0.3) is 0 Å². The zero-order chi connectivity index (χ0) is 15.5. The number of halogens is 3. The highest BCUT2D eigenvalue weighted by Gasteiger charge is 2.43. The summed E-state index contributed by atoms with van der Waals surface area (Å²) in [5.41, 5.74) is -0.497. The van der Waals surface area contributed by atoms with Gasteiger partial charge in [-0.15, -0.1) is 0 Å². The monoisotopic (exact) mass is 296 g/mol. The summed E-state index contributed by atoms with van der Waals surface area (Å²) >= 11 is 0. The van der Waals surface area contributed by atoms with Crippen molar-refractivity contribution in [3.05, 3.63) is 59.7 Å². The van der Waals surface area contributed by atoms with Gasteiger partial charge in [0, 0.05) is 5.56 Å². The highest BCUT2D eigenvalue weighted by Crippen LogP contribution is 2.43. The highest BCUT2D eigenvalue weighted by molar-refractivity contribution is 5.34. The van der Waals surface area contributed by atoms with Crippen molar-refractivity contribution in [2.45, 2.75) is 12.1 Å². The Labute approximate surface area is 121 Å². The molecule has 0 fully saturated rings. The lowest BCUT2D eigenvalue weighted by molar-refractivity contribution is -0.0810. The van der Waals surface area contributed by atoms with Gasteiger partial charge in [0.2, 0.25) is 0 Å². The predicted molar refractivity (Wildman–Crippen MR) is 73.7 cm³/mol. The Bertz CT molecular complexity index is 579. The van der Waals surface area contributed by atoms with Crippen molar-refractivity contribution in [3.63, 3.8) is 0 Å². The van der Waals surface area contributed by atoms with Crippen LogP contribution < -0.4 is 9.47 Å². The van der Waals surface area contributed by atoms with Crippen molar-refractivity contribution in [3.8, 4) is 11.5 Å². The molecule has 0 spiro atoms. The first-order chi connectivity index (χ1) is 9.98. The van der Waals surface area contributed by atoms with Crippen LogP contribution in [0.4, 0.5) is 13.2 Å². The van der Waals surface area contributed by atoms with Crippen molar-refractivity contribution in [1.29, 1.82) is 0 Å². The van der Waals surface area contributed by atoms with E-state index < -0.39 is 17.7 Å². The van der Waals surface area contributed by atoms with Gasteiger partial charge in [0.15, 0.2) is 6.17 Å². The Morgan fingerprint density at radius 2 is 1.24 bits per heavy atom. The van der Waals surface area contributed by atoms with E-state index in [4.69, 9.17) is 9.47 Å². The predicted octanol–water partition coefficient (Wildman–Crippen LogP) is 4.51. The molecular formula is C16H15F3O2. The third kappa shape index (κ3) is 3.12. The van der Waals surface area contributed by atoms with Gasteiger partial charge in [0.1, 0.15) is 11.5 Å². The molecule has 0 aliphatic heterocycles. The summed E-state index contributed by atoms with van der Waals surface area (Å²) in [5.74, 6) is -2.70. The van der Waals surface area contributed by atoms with Crippen LogP contribution in [0.15, 0.2) is 48.5 Å². The molecule has 0 saturated heterocycles. The largest absolute Gasteiger partial charge is 0.497 e. The third-order valence-corrected chi connectivity index (χ3v) is 3.20. The Balaban J connectivity index is 2.27. The molecule has 0 amide bonds. The average Bonchev–Trinajstić information content (AvgIpc) is 2.54. The Kier molecular flexibility index (Phi) is 4.40. The molecule has 2 aromatic rings. The van der Waals surface area contributed by atoms with Gasteiger partial charge >= 0.3 is 5.92 Å². The number of hydrogen-bond acceptors (Lipinski definition) is 2. The Hall–Kier alpha value is -2.17. The van der Waals surface area contributed by atoms with E-state index in [-0.39, 0.29) is 5.56 Å². The zero-order valence-corrected chi connectivity index (χ0v) is 11.6. The molecule has 0 aliphatic carbocycles. The molecule has 1 unspecified atom stereocenters. The summed E-state index contributed by atoms with van der Waals surface area (Å²) in [6.45, 7) is 0. The lowest BCUT2D eigenvalue weighted by Crippen LogP contribution is -2.20. The molecule has 2 nitrogen and oxygen atoms in total. The second-order valence-electron chi connectivity index (χ2n) is 4.49. The average molecular weight is 296 g/mol. The normalized spacial score (nSPS) is 12.8. The van der Waals surface area contributed by atoms with Crippen LogP contribution in [0.1, 0.15) is 17.3 Å². The summed E-state index contributed by atoms with van der Waals surface area (Å²) in [5, 5.41) is 0. The minimum absolute atomic E-state index is 0.100. The second kappa shape index (κ2) is 6.08. The second-order valence-corrected chi connectivity index (χ2v) is 4.49. The third-order valence-electron chi connectivity index (χ3n) is 3.20. The molecule has 21 heavy (non-hydrogen) atoms. The highest BCUT2D eigenvalue weighted by atomic mass is 19.3. The van der Waals surface area contributed by atoms with Crippen molar-refractivity contribution >= 4 is 0 Å². The van der Waals surface area contributed by atoms with Gasteiger partial charge in [-0.25, -0.2) is 4.39 Å². The number of alkyl halides is 3. The molecule has 0 aromatic heterocycles. The van der Waals surface area contributed by atoms with E-state index in [0.717, 1.165) is 12.1 Å². The molecule has 1 atom stereocenters. The molecule has 0 bridgehead atoms. The molecule has 5 heteroatoms. The van der Waals surface area contributed by atoms with E-state index in [1.165, 1.54) is 50.6 Å². The molecule has 2 aromatic carbocycles. The minimum Gasteiger partial charge on any atom is -0.497 e. The number of rotatable bonds is 5. The van der Waals surface area contributed by atoms with Crippen LogP contribution in [-0.4, -0.2) is 14.2 Å². The number of hydrogen-bond donors (Lipinski definition) is 0. The van der Waals surface area contributed by atoms with E-state index in [1.54, 1.807) is 0 Å². The molecule has 112 valence electrons. The fourth-order valence-corrected chi connectivity index (χ4v) is 1.94. The van der Waals surface area contributed by atoms with Crippen LogP contribution in [-0.2, 0) is 5.92 Å². The van der Waals surface area contributed by atoms with Crippen molar-refractivity contribution in [1.82, 2.24) is 0 Å². The lowest BCUT2D eigenvalue weighted by Gasteiger charge is -2.21. The zero-order valence-electron chi connectivity index (χ0n) is 11.6. The lowest BCUT2D eigenvalue weighted by atomic mass is 9.98. The maximum Gasteiger partial charge on any atom is 0.307 e. The van der Waals surface area contributed by atoms with E-state index in [9.17, 15) is 13.2 Å². The van der Waals surface area contributed by atoms with Crippen LogP contribution in [0.3, 0.4) is 0 Å². The van der Waals surface area contributed by atoms with Crippen LogP contribution >= 0.6 is 0 Å². The first kappa shape index (κ1) is 15.2. The molecule has 2 rings (SSSR count). The fourth-order valence-electron chi connectivity index (χ4n) is 1.94. The first-order valence-corrected chi connectivity index (χ1v) is 6.29. The van der Waals surface area contributed by atoms with E-state index in [1.807, 2.05) is 0 Å². The van der Waals surface area contributed by atoms with Gasteiger partial charge in [-0.2, -0.15) is 8.78 Å². The number of benzene rings is 2. The quantitative estimate of drug-likeness (QED) is 0.808. The Morgan fingerprint density at radius 1 is 0.810 bits per heavy atom. The standard InChI is InChI=1S/C16H15F3O2/c1-20-13-7-3-11(4-8-13)15(17)16(18,19)12-5-9-14(21-2)10-6-12/h3-10,15H,1-2H3. The smallest absolute Gasteiger partial charge is 0.307 e. The topological polar surface area (TPSA) is 18.5 Å². The van der Waals surface area contributed by atoms with Gasteiger partial charge < -0.3 is 9.47 Å². The molecule has 0 radical (unpaired) electrons. The number of methoxy groups -OCH3 is 2. The van der Waals surface area contributed by atoms with Gasteiger partial charge in [-0.3, -0.25) is 0 Å². The van der Waals surface area contributed by atoms with Crippen LogP contribution in [0, 0.1) is 0 Å². The van der Waals surface area contributed by atoms with Crippen LogP contribution in [0.2, 0.25) is 0 Å². The van der Waals surface area contributed by atoms with Gasteiger partial charge in [-0.1, -0.05) is 12.1 Å². The maximum atomic E-state index is 14.2. The summed E-state index contributed by atoms with van der Waals surface area (Å²) in [6, 6.07) is 10.6. The van der Waals surface area contributed by atoms with Gasteiger partial charge in [0.25, 0.3) is 0 Å².